The van der Waals surface area contributed by atoms with Crippen molar-refractivity contribution in [2.45, 2.75) is 6.36 Å². The first-order valence-corrected chi connectivity index (χ1v) is 5.73. The fourth-order valence-electron chi connectivity index (χ4n) is 0.950. The maximum absolute atomic E-state index is 11.8. The van der Waals surface area contributed by atoms with Gasteiger partial charge in [0.15, 0.2) is 11.4 Å². The van der Waals surface area contributed by atoms with Gasteiger partial charge in [0, 0.05) is 6.20 Å². The Morgan fingerprint density at radius 3 is 2.53 bits per heavy atom. The summed E-state index contributed by atoms with van der Waals surface area (Å²) in [6, 6.07) is 2.06. The van der Waals surface area contributed by atoms with Gasteiger partial charge in [0.2, 0.25) is 0 Å². The molecule has 0 aliphatic rings. The number of hydrogen-bond donors (Lipinski definition) is 0. The van der Waals surface area contributed by atoms with Gasteiger partial charge >= 0.3 is 22.7 Å². The van der Waals surface area contributed by atoms with Gasteiger partial charge in [-0.3, -0.25) is 0 Å². The number of esters is 1. The van der Waals surface area contributed by atoms with E-state index in [4.69, 9.17) is 0 Å². The van der Waals surface area contributed by atoms with Crippen molar-refractivity contribution in [3.8, 4) is 5.75 Å². The summed E-state index contributed by atoms with van der Waals surface area (Å²) in [5, 5.41) is 0. The number of carbonyl (C=O) groups is 1. The van der Waals surface area contributed by atoms with E-state index in [0.717, 1.165) is 25.4 Å². The molecule has 0 aliphatic carbocycles. The van der Waals surface area contributed by atoms with Gasteiger partial charge < -0.3 is 8.92 Å². The zero-order valence-corrected chi connectivity index (χ0v) is 9.99. The number of methoxy groups -OCH3 is 1. The average Bonchev–Trinajstić information content (AvgIpc) is 2.24. The maximum Gasteiger partial charge on any atom is 0.539 e. The van der Waals surface area contributed by atoms with E-state index in [1.807, 2.05) is 0 Å². The molecule has 0 atom stereocenters. The van der Waals surface area contributed by atoms with E-state index in [1.54, 1.807) is 0 Å². The Kier molecular flexibility index (Phi) is 4.32. The summed E-state index contributed by atoms with van der Waals surface area (Å²) in [6.45, 7) is 0. The van der Waals surface area contributed by atoms with E-state index in [1.165, 1.54) is 0 Å². The molecule has 0 bridgehead atoms. The lowest BCUT2D eigenvalue weighted by Crippen LogP contribution is -2.24. The van der Waals surface area contributed by atoms with Crippen LogP contribution in [-0.4, -0.2) is 32.8 Å². The molecule has 0 radical (unpaired) electrons. The molecule has 0 aromatic carbocycles. The predicted octanol–water partition coefficient (Wildman–Crippen LogP) is 1.03. The largest absolute Gasteiger partial charge is 0.539 e. The molecule has 0 amide bonds. The van der Waals surface area contributed by atoms with Crippen LogP contribution in [0.4, 0.5) is 13.2 Å². The Hall–Kier alpha value is -1.88. The van der Waals surface area contributed by atoms with E-state index < -0.39 is 34.2 Å². The quantitative estimate of drug-likeness (QED) is 0.767. The van der Waals surface area contributed by atoms with Crippen molar-refractivity contribution >= 4 is 16.4 Å². The highest BCUT2D eigenvalue weighted by molar-refractivity contribution is 7.82. The minimum Gasteiger partial charge on any atom is -0.464 e. The number of ether oxygens (including phenoxy) is 1. The third kappa shape index (κ3) is 4.71. The first-order valence-electron chi connectivity index (χ1n) is 4.40. The third-order valence-corrected chi connectivity index (χ3v) is 2.31. The lowest BCUT2D eigenvalue weighted by Gasteiger charge is -2.10. The molecule has 1 rings (SSSR count). The summed E-state index contributed by atoms with van der Waals surface area (Å²) < 4.78 is 68.3. The lowest BCUT2D eigenvalue weighted by molar-refractivity contribution is -0.274. The molecule has 106 valence electrons. The molecule has 0 saturated heterocycles. The molecule has 0 unspecified atom stereocenters. The van der Waals surface area contributed by atoms with Gasteiger partial charge in [-0.25, -0.2) is 9.78 Å². The Bertz CT molecular complexity index is 570. The van der Waals surface area contributed by atoms with Gasteiger partial charge in [-0.1, -0.05) is 0 Å². The number of carbonyl (C=O) groups excluding carboxylic acids is 1. The van der Waals surface area contributed by atoms with Gasteiger partial charge in [-0.05, 0) is 12.1 Å². The molecule has 11 heteroatoms. The molecule has 1 aromatic heterocycles. The van der Waals surface area contributed by atoms with Crippen molar-refractivity contribution in [2.24, 2.45) is 0 Å². The van der Waals surface area contributed by atoms with Gasteiger partial charge in [-0.15, -0.1) is 17.4 Å². The standard InChI is InChI=1S/C8H6F3NO6S/c1-16-7(13)6-5(3-2-4-12-6)17-19(14,15)18-8(9,10)11/h2-4H,1H3. The molecule has 7 nitrogen and oxygen atoms in total. The van der Waals surface area contributed by atoms with Crippen molar-refractivity contribution in [3.63, 3.8) is 0 Å². The van der Waals surface area contributed by atoms with E-state index in [-0.39, 0.29) is 0 Å². The number of rotatable bonds is 4. The predicted molar refractivity (Wildman–Crippen MR) is 52.3 cm³/mol. The van der Waals surface area contributed by atoms with E-state index in [9.17, 15) is 26.4 Å². The summed E-state index contributed by atoms with van der Waals surface area (Å²) in [5.74, 6) is -1.84. The highest BCUT2D eigenvalue weighted by Gasteiger charge is 2.39. The summed E-state index contributed by atoms with van der Waals surface area (Å²) >= 11 is 0. The van der Waals surface area contributed by atoms with Crippen LogP contribution in [0.15, 0.2) is 18.3 Å². The van der Waals surface area contributed by atoms with Crippen LogP contribution < -0.4 is 4.18 Å². The Morgan fingerprint density at radius 2 is 2.00 bits per heavy atom. The summed E-state index contributed by atoms with van der Waals surface area (Å²) in [6.07, 6.45) is -4.36. The van der Waals surface area contributed by atoms with Crippen molar-refractivity contribution in [1.82, 2.24) is 4.98 Å². The van der Waals surface area contributed by atoms with Crippen molar-refractivity contribution in [3.05, 3.63) is 24.0 Å². The van der Waals surface area contributed by atoms with Gasteiger partial charge in [-0.2, -0.15) is 8.42 Å². The van der Waals surface area contributed by atoms with Crippen LogP contribution in [0.3, 0.4) is 0 Å². The van der Waals surface area contributed by atoms with Crippen molar-refractivity contribution in [2.75, 3.05) is 7.11 Å². The zero-order chi connectivity index (χ0) is 14.7. The molecule has 0 fully saturated rings. The summed E-state index contributed by atoms with van der Waals surface area (Å²) in [7, 11) is -4.46. The molecule has 0 aliphatic heterocycles. The van der Waals surface area contributed by atoms with Gasteiger partial charge in [0.1, 0.15) is 0 Å². The topological polar surface area (TPSA) is 91.8 Å². The third-order valence-electron chi connectivity index (χ3n) is 1.54. The van der Waals surface area contributed by atoms with E-state index in [0.29, 0.717) is 0 Å². The van der Waals surface area contributed by atoms with Crippen LogP contribution in [-0.2, 0) is 19.3 Å². The Labute approximate surface area is 105 Å². The Balaban J connectivity index is 3.03. The van der Waals surface area contributed by atoms with E-state index in [2.05, 4.69) is 18.1 Å². The monoisotopic (exact) mass is 301 g/mol. The second-order valence-corrected chi connectivity index (χ2v) is 4.01. The second kappa shape index (κ2) is 5.40. The zero-order valence-electron chi connectivity index (χ0n) is 9.17. The van der Waals surface area contributed by atoms with Crippen LogP contribution in [0.1, 0.15) is 10.5 Å². The fraction of sp³-hybridized carbons (Fsp3) is 0.250. The second-order valence-electron chi connectivity index (χ2n) is 2.86. The molecule has 0 N–H and O–H groups in total. The van der Waals surface area contributed by atoms with Crippen LogP contribution in [0.25, 0.3) is 0 Å². The van der Waals surface area contributed by atoms with Crippen molar-refractivity contribution in [1.29, 1.82) is 0 Å². The number of aromatic nitrogens is 1. The summed E-state index contributed by atoms with van der Waals surface area (Å²) in [4.78, 5) is 14.6. The smallest absolute Gasteiger partial charge is 0.464 e. The first kappa shape index (κ1) is 15.2. The first-order chi connectivity index (χ1) is 8.64. The molecular formula is C8H6F3NO6S. The molecule has 0 saturated carbocycles. The van der Waals surface area contributed by atoms with Crippen LogP contribution in [0.5, 0.6) is 5.75 Å². The molecule has 1 heterocycles. The minimum atomic E-state index is -5.45. The number of halogens is 3. The van der Waals surface area contributed by atoms with E-state index >= 15 is 0 Å². The molecule has 0 spiro atoms. The highest BCUT2D eigenvalue weighted by Crippen LogP contribution is 2.24. The SMILES string of the molecule is COC(=O)c1ncccc1OS(=O)(=O)OC(F)(F)F. The maximum atomic E-state index is 11.8. The number of alkyl halides is 3. The van der Waals surface area contributed by atoms with Crippen LogP contribution in [0, 0.1) is 0 Å². The number of pyridine rings is 1. The molecule has 19 heavy (non-hydrogen) atoms. The number of nitrogens with zero attached hydrogens (tertiary/aromatic N) is 1. The molecule has 1 aromatic rings. The average molecular weight is 301 g/mol. The van der Waals surface area contributed by atoms with Crippen LogP contribution in [0.2, 0.25) is 0 Å². The number of hydrogen-bond acceptors (Lipinski definition) is 7. The lowest BCUT2D eigenvalue weighted by atomic mass is 10.3. The minimum absolute atomic E-state index is 0.612. The Morgan fingerprint density at radius 1 is 1.37 bits per heavy atom. The van der Waals surface area contributed by atoms with Gasteiger partial charge in [0.25, 0.3) is 0 Å². The highest BCUT2D eigenvalue weighted by atomic mass is 32.3. The fourth-order valence-corrected chi connectivity index (χ4v) is 1.57. The normalized spacial score (nSPS) is 12.0. The summed E-state index contributed by atoms with van der Waals surface area (Å²) in [5.41, 5.74) is -0.612. The molecular weight excluding hydrogens is 295 g/mol. The van der Waals surface area contributed by atoms with Gasteiger partial charge in [0.05, 0.1) is 7.11 Å². The van der Waals surface area contributed by atoms with Crippen molar-refractivity contribution < 1.29 is 39.5 Å². The van der Waals surface area contributed by atoms with Crippen LogP contribution >= 0.6 is 0 Å².